The molecule has 0 radical (unpaired) electrons. The van der Waals surface area contributed by atoms with Crippen LogP contribution in [0.15, 0.2) is 48.5 Å². The highest BCUT2D eigenvalue weighted by Crippen LogP contribution is 2.15. The summed E-state index contributed by atoms with van der Waals surface area (Å²) in [7, 11) is 0. The van der Waals surface area contributed by atoms with Crippen molar-refractivity contribution in [2.45, 2.75) is 40.2 Å². The number of para-hydroxylation sites is 2. The summed E-state index contributed by atoms with van der Waals surface area (Å²) in [5.41, 5.74) is 8.87. The lowest BCUT2D eigenvalue weighted by molar-refractivity contribution is 0.0636. The number of rotatable bonds is 1. The highest BCUT2D eigenvalue weighted by Gasteiger charge is 2.16. The summed E-state index contributed by atoms with van der Waals surface area (Å²) in [6.45, 7) is 9.45. The standard InChI is InChI=1S/C12H17NO2.C7H9N/c1-9-7-5-6-8-10(9)13-11(14)15-12(2,3)4;1-6-4-2-3-5-7(6)8/h5-8H,1-4H3,(H,13,14);2-5H,8H2,1H3. The lowest BCUT2D eigenvalue weighted by Gasteiger charge is -2.20. The monoisotopic (exact) mass is 314 g/mol. The van der Waals surface area contributed by atoms with Crippen molar-refractivity contribution in [3.8, 4) is 0 Å². The van der Waals surface area contributed by atoms with Gasteiger partial charge in [0.25, 0.3) is 0 Å². The maximum absolute atomic E-state index is 11.4. The molecule has 0 aliphatic rings. The Morgan fingerprint density at radius 3 is 1.91 bits per heavy atom. The molecule has 2 aromatic carbocycles. The van der Waals surface area contributed by atoms with Crippen LogP contribution in [0.5, 0.6) is 0 Å². The molecule has 0 unspecified atom stereocenters. The minimum Gasteiger partial charge on any atom is -0.444 e. The smallest absolute Gasteiger partial charge is 0.412 e. The average Bonchev–Trinajstić information content (AvgIpc) is 2.43. The van der Waals surface area contributed by atoms with Crippen LogP contribution in [-0.2, 0) is 4.74 Å². The maximum Gasteiger partial charge on any atom is 0.412 e. The largest absolute Gasteiger partial charge is 0.444 e. The molecule has 23 heavy (non-hydrogen) atoms. The van der Waals surface area contributed by atoms with Gasteiger partial charge in [-0.3, -0.25) is 5.32 Å². The molecule has 0 atom stereocenters. The van der Waals surface area contributed by atoms with Crippen molar-refractivity contribution < 1.29 is 9.53 Å². The average molecular weight is 314 g/mol. The van der Waals surface area contributed by atoms with Gasteiger partial charge >= 0.3 is 6.09 Å². The molecular formula is C19H26N2O2. The number of nitrogens with two attached hydrogens (primary N) is 1. The lowest BCUT2D eigenvalue weighted by atomic mass is 10.2. The summed E-state index contributed by atoms with van der Waals surface area (Å²) in [5, 5.41) is 2.71. The number of carbonyl (C=O) groups is 1. The third-order valence-corrected chi connectivity index (χ3v) is 2.97. The predicted molar refractivity (Wildman–Crippen MR) is 96.6 cm³/mol. The van der Waals surface area contributed by atoms with E-state index in [2.05, 4.69) is 5.32 Å². The molecule has 3 N–H and O–H groups in total. The number of anilines is 2. The number of aryl methyl sites for hydroxylation is 2. The quantitative estimate of drug-likeness (QED) is 0.734. The van der Waals surface area contributed by atoms with Crippen LogP contribution in [0.2, 0.25) is 0 Å². The molecule has 2 rings (SSSR count). The molecule has 2 aromatic rings. The Kier molecular flexibility index (Phi) is 6.64. The second-order valence-electron chi connectivity index (χ2n) is 6.30. The SMILES string of the molecule is Cc1ccccc1N.Cc1ccccc1NC(=O)OC(C)(C)C. The zero-order valence-corrected chi connectivity index (χ0v) is 14.5. The first-order valence-corrected chi connectivity index (χ1v) is 7.56. The Morgan fingerprint density at radius 2 is 1.48 bits per heavy atom. The molecule has 4 heteroatoms. The van der Waals surface area contributed by atoms with Crippen LogP contribution < -0.4 is 11.1 Å². The molecule has 0 aliphatic carbocycles. The number of hydrogen-bond acceptors (Lipinski definition) is 3. The second kappa shape index (κ2) is 8.22. The summed E-state index contributed by atoms with van der Waals surface area (Å²) < 4.78 is 5.15. The number of hydrogen-bond donors (Lipinski definition) is 2. The van der Waals surface area contributed by atoms with Crippen molar-refractivity contribution in [1.29, 1.82) is 0 Å². The van der Waals surface area contributed by atoms with Crippen LogP contribution in [0.1, 0.15) is 31.9 Å². The van der Waals surface area contributed by atoms with Gasteiger partial charge in [0.1, 0.15) is 5.60 Å². The molecule has 4 nitrogen and oxygen atoms in total. The highest BCUT2D eigenvalue weighted by atomic mass is 16.6. The molecule has 0 saturated carbocycles. The second-order valence-corrected chi connectivity index (χ2v) is 6.30. The molecular weight excluding hydrogens is 288 g/mol. The van der Waals surface area contributed by atoms with E-state index in [4.69, 9.17) is 10.5 Å². The third-order valence-electron chi connectivity index (χ3n) is 2.97. The van der Waals surface area contributed by atoms with Crippen molar-refractivity contribution in [1.82, 2.24) is 0 Å². The summed E-state index contributed by atoms with van der Waals surface area (Å²) in [6, 6.07) is 15.4. The van der Waals surface area contributed by atoms with E-state index in [1.165, 1.54) is 0 Å². The van der Waals surface area contributed by atoms with E-state index in [-0.39, 0.29) is 0 Å². The van der Waals surface area contributed by atoms with Gasteiger partial charge in [-0.1, -0.05) is 36.4 Å². The van der Waals surface area contributed by atoms with Gasteiger partial charge in [-0.15, -0.1) is 0 Å². The molecule has 0 aliphatic heterocycles. The number of amides is 1. The first kappa shape index (κ1) is 18.6. The van der Waals surface area contributed by atoms with Crippen LogP contribution in [0.3, 0.4) is 0 Å². The highest BCUT2D eigenvalue weighted by molar-refractivity contribution is 5.85. The van der Waals surface area contributed by atoms with Crippen molar-refractivity contribution in [2.75, 3.05) is 11.1 Å². The Labute approximate surface area is 138 Å². The van der Waals surface area contributed by atoms with Crippen molar-refractivity contribution in [3.63, 3.8) is 0 Å². The molecule has 1 amide bonds. The summed E-state index contributed by atoms with van der Waals surface area (Å²) >= 11 is 0. The Hall–Kier alpha value is -2.49. The first-order valence-electron chi connectivity index (χ1n) is 7.56. The molecule has 0 spiro atoms. The van der Waals surface area contributed by atoms with Crippen molar-refractivity contribution in [2.24, 2.45) is 0 Å². The molecule has 0 fully saturated rings. The van der Waals surface area contributed by atoms with Gasteiger partial charge in [0.05, 0.1) is 0 Å². The Morgan fingerprint density at radius 1 is 0.957 bits per heavy atom. The minimum absolute atomic E-state index is 0.420. The number of nitrogen functional groups attached to an aromatic ring is 1. The molecule has 0 heterocycles. The molecule has 0 aromatic heterocycles. The summed E-state index contributed by atoms with van der Waals surface area (Å²) in [6.07, 6.45) is -0.420. The minimum atomic E-state index is -0.466. The normalized spacial score (nSPS) is 10.3. The zero-order valence-electron chi connectivity index (χ0n) is 14.5. The van der Waals surface area contributed by atoms with Crippen molar-refractivity contribution >= 4 is 17.5 Å². The molecule has 124 valence electrons. The fourth-order valence-corrected chi connectivity index (χ4v) is 1.71. The van der Waals surface area contributed by atoms with Crippen LogP contribution in [0, 0.1) is 13.8 Å². The first-order chi connectivity index (χ1) is 10.7. The van der Waals surface area contributed by atoms with Crippen LogP contribution in [0.4, 0.5) is 16.2 Å². The van der Waals surface area contributed by atoms with Gasteiger partial charge < -0.3 is 10.5 Å². The fraction of sp³-hybridized carbons (Fsp3) is 0.316. The topological polar surface area (TPSA) is 64.3 Å². The molecule has 0 bridgehead atoms. The van der Waals surface area contributed by atoms with Crippen molar-refractivity contribution in [3.05, 3.63) is 59.7 Å². The summed E-state index contributed by atoms with van der Waals surface area (Å²) in [5.74, 6) is 0. The van der Waals surface area contributed by atoms with Gasteiger partial charge in [0.2, 0.25) is 0 Å². The number of benzene rings is 2. The fourth-order valence-electron chi connectivity index (χ4n) is 1.71. The zero-order chi connectivity index (χ0) is 17.5. The van der Waals surface area contributed by atoms with Crippen LogP contribution >= 0.6 is 0 Å². The maximum atomic E-state index is 11.4. The van der Waals surface area contributed by atoms with Crippen LogP contribution in [-0.4, -0.2) is 11.7 Å². The van der Waals surface area contributed by atoms with E-state index >= 15 is 0 Å². The van der Waals surface area contributed by atoms with E-state index in [1.807, 2.05) is 83.1 Å². The van der Waals surface area contributed by atoms with E-state index in [0.717, 1.165) is 22.5 Å². The summed E-state index contributed by atoms with van der Waals surface area (Å²) in [4.78, 5) is 11.4. The van der Waals surface area contributed by atoms with E-state index in [0.29, 0.717) is 0 Å². The van der Waals surface area contributed by atoms with E-state index in [9.17, 15) is 4.79 Å². The van der Waals surface area contributed by atoms with E-state index in [1.54, 1.807) is 0 Å². The predicted octanol–water partition coefficient (Wildman–Crippen LogP) is 4.92. The lowest BCUT2D eigenvalue weighted by Crippen LogP contribution is -2.27. The Balaban J connectivity index is 0.000000277. The van der Waals surface area contributed by atoms with Gasteiger partial charge in [0.15, 0.2) is 0 Å². The molecule has 0 saturated heterocycles. The van der Waals surface area contributed by atoms with Gasteiger partial charge in [0, 0.05) is 11.4 Å². The third kappa shape index (κ3) is 7.36. The van der Waals surface area contributed by atoms with E-state index < -0.39 is 11.7 Å². The number of carbonyl (C=O) groups excluding carboxylic acids is 1. The number of nitrogens with one attached hydrogen (secondary N) is 1. The Bertz CT molecular complexity index is 625. The van der Waals surface area contributed by atoms with Gasteiger partial charge in [-0.05, 0) is 57.9 Å². The van der Waals surface area contributed by atoms with Gasteiger partial charge in [-0.25, -0.2) is 4.79 Å². The number of ether oxygens (including phenoxy) is 1. The van der Waals surface area contributed by atoms with Crippen LogP contribution in [0.25, 0.3) is 0 Å². The van der Waals surface area contributed by atoms with Gasteiger partial charge in [-0.2, -0.15) is 0 Å².